The van der Waals surface area contributed by atoms with Crippen molar-refractivity contribution in [2.75, 3.05) is 5.73 Å². The first-order valence-electron chi connectivity index (χ1n) is 3.64. The summed E-state index contributed by atoms with van der Waals surface area (Å²) >= 11 is 0. The first kappa shape index (κ1) is 10.4. The standard InChI is InChI=1S/C8H9NO4S/c9-7-2-1-3-8(6-7)14(11,12)13-5-4-10/h1-6,10H,9H2/b5-4+. The Kier molecular flexibility index (Phi) is 2.98. The van der Waals surface area contributed by atoms with E-state index in [4.69, 9.17) is 10.8 Å². The summed E-state index contributed by atoms with van der Waals surface area (Å²) in [5, 5.41) is 8.24. The predicted octanol–water partition coefficient (Wildman–Crippen LogP) is 1.00. The first-order valence-corrected chi connectivity index (χ1v) is 5.05. The average Bonchev–Trinajstić information content (AvgIpc) is 2.15. The number of hydrogen-bond donors (Lipinski definition) is 2. The zero-order valence-corrected chi connectivity index (χ0v) is 7.94. The largest absolute Gasteiger partial charge is 0.512 e. The van der Waals surface area contributed by atoms with Crippen LogP contribution in [0, 0.1) is 0 Å². The summed E-state index contributed by atoms with van der Waals surface area (Å²) in [5.74, 6) is 0. The van der Waals surface area contributed by atoms with Gasteiger partial charge in [-0.25, -0.2) is 0 Å². The van der Waals surface area contributed by atoms with E-state index >= 15 is 0 Å². The summed E-state index contributed by atoms with van der Waals surface area (Å²) in [6.45, 7) is 0. The van der Waals surface area contributed by atoms with E-state index in [1.54, 1.807) is 6.07 Å². The fourth-order valence-corrected chi connectivity index (χ4v) is 1.66. The van der Waals surface area contributed by atoms with Gasteiger partial charge in [-0.05, 0) is 18.2 Å². The Morgan fingerprint density at radius 2 is 2.14 bits per heavy atom. The Hall–Kier alpha value is -1.69. The minimum absolute atomic E-state index is 0.0596. The highest BCUT2D eigenvalue weighted by molar-refractivity contribution is 7.86. The Morgan fingerprint density at radius 3 is 2.71 bits per heavy atom. The summed E-state index contributed by atoms with van der Waals surface area (Å²) in [5.41, 5.74) is 5.72. The lowest BCUT2D eigenvalue weighted by Gasteiger charge is -2.02. The van der Waals surface area contributed by atoms with Gasteiger partial charge in [0.2, 0.25) is 0 Å². The highest BCUT2D eigenvalue weighted by Crippen LogP contribution is 2.15. The number of hydrogen-bond acceptors (Lipinski definition) is 5. The van der Waals surface area contributed by atoms with Crippen LogP contribution in [-0.2, 0) is 14.3 Å². The highest BCUT2D eigenvalue weighted by atomic mass is 32.2. The molecule has 14 heavy (non-hydrogen) atoms. The molecule has 1 rings (SSSR count). The molecule has 5 nitrogen and oxygen atoms in total. The van der Waals surface area contributed by atoms with Crippen molar-refractivity contribution in [3.8, 4) is 0 Å². The molecule has 0 spiro atoms. The summed E-state index contributed by atoms with van der Waals surface area (Å²) in [7, 11) is -3.87. The van der Waals surface area contributed by atoms with Crippen LogP contribution in [0.15, 0.2) is 41.7 Å². The van der Waals surface area contributed by atoms with Crippen molar-refractivity contribution in [1.82, 2.24) is 0 Å². The quantitative estimate of drug-likeness (QED) is 0.446. The Labute approximate surface area is 81.6 Å². The van der Waals surface area contributed by atoms with Gasteiger partial charge >= 0.3 is 10.1 Å². The molecular weight excluding hydrogens is 206 g/mol. The maximum atomic E-state index is 11.3. The molecule has 3 N–H and O–H groups in total. The van der Waals surface area contributed by atoms with E-state index < -0.39 is 10.1 Å². The molecule has 0 bridgehead atoms. The van der Waals surface area contributed by atoms with Crippen LogP contribution in [-0.4, -0.2) is 13.5 Å². The van der Waals surface area contributed by atoms with Crippen LogP contribution in [0.4, 0.5) is 5.69 Å². The number of aliphatic hydroxyl groups excluding tert-OH is 1. The third kappa shape index (κ3) is 2.40. The van der Waals surface area contributed by atoms with Gasteiger partial charge < -0.3 is 15.0 Å². The van der Waals surface area contributed by atoms with Crippen molar-refractivity contribution in [2.24, 2.45) is 0 Å². The van der Waals surface area contributed by atoms with E-state index in [1.165, 1.54) is 18.2 Å². The third-order valence-corrected chi connectivity index (χ3v) is 2.59. The zero-order chi connectivity index (χ0) is 10.6. The van der Waals surface area contributed by atoms with E-state index in [9.17, 15) is 8.42 Å². The molecule has 0 saturated heterocycles. The van der Waals surface area contributed by atoms with Gasteiger partial charge in [0.15, 0.2) is 0 Å². The van der Waals surface area contributed by atoms with Crippen molar-refractivity contribution >= 4 is 15.8 Å². The Balaban J connectivity index is 3.04. The predicted molar refractivity (Wildman–Crippen MR) is 50.9 cm³/mol. The molecule has 0 aliphatic heterocycles. The molecule has 0 atom stereocenters. The summed E-state index contributed by atoms with van der Waals surface area (Å²) in [4.78, 5) is -0.0596. The molecular formula is C8H9NO4S. The molecule has 1 aromatic carbocycles. The van der Waals surface area contributed by atoms with Crippen LogP contribution in [0.1, 0.15) is 0 Å². The number of anilines is 1. The number of benzene rings is 1. The average molecular weight is 215 g/mol. The molecule has 0 saturated carbocycles. The fraction of sp³-hybridized carbons (Fsp3) is 0. The highest BCUT2D eigenvalue weighted by Gasteiger charge is 2.13. The molecule has 0 aliphatic carbocycles. The van der Waals surface area contributed by atoms with E-state index in [2.05, 4.69) is 4.18 Å². The lowest BCUT2D eigenvalue weighted by atomic mass is 10.3. The van der Waals surface area contributed by atoms with Gasteiger partial charge in [0.1, 0.15) is 17.4 Å². The van der Waals surface area contributed by atoms with Crippen molar-refractivity contribution in [3.05, 3.63) is 36.8 Å². The summed E-state index contributed by atoms with van der Waals surface area (Å²) in [6, 6.07) is 5.66. The normalized spacial score (nSPS) is 11.7. The van der Waals surface area contributed by atoms with Crippen LogP contribution in [0.2, 0.25) is 0 Å². The van der Waals surface area contributed by atoms with Crippen LogP contribution in [0.5, 0.6) is 0 Å². The number of aliphatic hydroxyl groups is 1. The van der Waals surface area contributed by atoms with Gasteiger partial charge in [-0.1, -0.05) is 6.07 Å². The van der Waals surface area contributed by atoms with Gasteiger partial charge in [0, 0.05) is 5.69 Å². The smallest absolute Gasteiger partial charge is 0.338 e. The minimum atomic E-state index is -3.87. The second kappa shape index (κ2) is 4.01. The first-order chi connectivity index (χ1) is 6.56. The van der Waals surface area contributed by atoms with E-state index in [0.29, 0.717) is 18.2 Å². The zero-order valence-electron chi connectivity index (χ0n) is 7.12. The van der Waals surface area contributed by atoms with Gasteiger partial charge in [-0.3, -0.25) is 0 Å². The molecule has 0 aromatic heterocycles. The van der Waals surface area contributed by atoms with Gasteiger partial charge in [-0.15, -0.1) is 0 Å². The Bertz CT molecular complexity index is 438. The van der Waals surface area contributed by atoms with Crippen molar-refractivity contribution in [1.29, 1.82) is 0 Å². The summed E-state index contributed by atoms with van der Waals surface area (Å²) < 4.78 is 26.9. The fourth-order valence-electron chi connectivity index (χ4n) is 0.824. The number of rotatable bonds is 3. The van der Waals surface area contributed by atoms with Crippen LogP contribution < -0.4 is 5.73 Å². The molecule has 0 radical (unpaired) electrons. The molecule has 0 aliphatic rings. The van der Waals surface area contributed by atoms with Crippen molar-refractivity contribution in [2.45, 2.75) is 4.90 Å². The lowest BCUT2D eigenvalue weighted by molar-refractivity contribution is 0.404. The molecule has 6 heteroatoms. The molecule has 76 valence electrons. The van der Waals surface area contributed by atoms with Crippen molar-refractivity contribution < 1.29 is 17.7 Å². The van der Waals surface area contributed by atoms with Crippen LogP contribution in [0.25, 0.3) is 0 Å². The topological polar surface area (TPSA) is 89.6 Å². The molecule has 0 fully saturated rings. The van der Waals surface area contributed by atoms with Gasteiger partial charge in [0.05, 0.1) is 0 Å². The number of nitrogen functional groups attached to an aromatic ring is 1. The molecule has 0 amide bonds. The van der Waals surface area contributed by atoms with Crippen LogP contribution >= 0.6 is 0 Å². The van der Waals surface area contributed by atoms with Gasteiger partial charge in [0.25, 0.3) is 0 Å². The van der Waals surface area contributed by atoms with E-state index in [-0.39, 0.29) is 4.90 Å². The van der Waals surface area contributed by atoms with E-state index in [1.807, 2.05) is 0 Å². The monoisotopic (exact) mass is 215 g/mol. The SMILES string of the molecule is Nc1cccc(S(=O)(=O)O/C=C/O)c1. The lowest BCUT2D eigenvalue weighted by Crippen LogP contribution is -2.02. The Morgan fingerprint density at radius 1 is 1.43 bits per heavy atom. The van der Waals surface area contributed by atoms with Gasteiger partial charge in [-0.2, -0.15) is 8.42 Å². The summed E-state index contributed by atoms with van der Waals surface area (Å²) in [6.07, 6.45) is 1.16. The minimum Gasteiger partial charge on any atom is -0.512 e. The second-order valence-electron chi connectivity index (χ2n) is 2.41. The van der Waals surface area contributed by atoms with E-state index in [0.717, 1.165) is 0 Å². The maximum absolute atomic E-state index is 11.3. The maximum Gasteiger partial charge on any atom is 0.338 e. The third-order valence-electron chi connectivity index (χ3n) is 1.39. The van der Waals surface area contributed by atoms with Crippen molar-refractivity contribution in [3.63, 3.8) is 0 Å². The molecule has 0 unspecified atom stereocenters. The number of nitrogens with two attached hydrogens (primary N) is 1. The molecule has 1 aromatic rings. The van der Waals surface area contributed by atoms with Crippen LogP contribution in [0.3, 0.4) is 0 Å². The molecule has 0 heterocycles. The second-order valence-corrected chi connectivity index (χ2v) is 3.98.